The minimum Gasteiger partial charge on any atom is -0.336 e. The van der Waals surface area contributed by atoms with Crippen LogP contribution in [0.3, 0.4) is 0 Å². The van der Waals surface area contributed by atoms with Gasteiger partial charge in [-0.25, -0.2) is 4.39 Å². The summed E-state index contributed by atoms with van der Waals surface area (Å²) < 4.78 is 12.8. The van der Waals surface area contributed by atoms with Gasteiger partial charge < -0.3 is 10.6 Å². The van der Waals surface area contributed by atoms with E-state index in [1.807, 2.05) is 4.90 Å². The average molecular weight is 250 g/mol. The van der Waals surface area contributed by atoms with Crippen LogP contribution in [0.1, 0.15) is 36.0 Å². The Morgan fingerprint density at radius 2 is 2.06 bits per heavy atom. The largest absolute Gasteiger partial charge is 0.336 e. The van der Waals surface area contributed by atoms with E-state index in [1.54, 1.807) is 12.1 Å². The maximum atomic E-state index is 12.8. The molecule has 1 aromatic rings. The highest BCUT2D eigenvalue weighted by molar-refractivity contribution is 5.94. The Morgan fingerprint density at radius 1 is 1.33 bits per heavy atom. The van der Waals surface area contributed by atoms with Crippen molar-refractivity contribution in [2.45, 2.75) is 31.7 Å². The van der Waals surface area contributed by atoms with Gasteiger partial charge in [0.05, 0.1) is 0 Å². The first-order chi connectivity index (χ1) is 8.72. The Balaban J connectivity index is 2.12. The number of nitrogens with zero attached hydrogens (tertiary/aromatic N) is 1. The van der Waals surface area contributed by atoms with Gasteiger partial charge in [-0.1, -0.05) is 0 Å². The Morgan fingerprint density at radius 3 is 2.72 bits per heavy atom. The molecule has 1 amide bonds. The number of carbonyl (C=O) groups is 1. The first kappa shape index (κ1) is 13.0. The average Bonchev–Trinajstić information content (AvgIpc) is 2.40. The van der Waals surface area contributed by atoms with Gasteiger partial charge in [0.2, 0.25) is 0 Å². The topological polar surface area (TPSA) is 46.3 Å². The maximum absolute atomic E-state index is 12.8. The standard InChI is InChI=1S/C14H19FN2O/c15-12-6-4-11(5-7-12)14(18)17-10-2-1-3-13(17)8-9-16/h4-7,13H,1-3,8-10,16H2. The van der Waals surface area contributed by atoms with Crippen LogP contribution in [0.15, 0.2) is 24.3 Å². The smallest absolute Gasteiger partial charge is 0.254 e. The van der Waals surface area contributed by atoms with Crippen molar-refractivity contribution in [2.24, 2.45) is 5.73 Å². The highest BCUT2D eigenvalue weighted by Crippen LogP contribution is 2.21. The third-order valence-corrected chi connectivity index (χ3v) is 3.48. The fourth-order valence-corrected chi connectivity index (χ4v) is 2.52. The van der Waals surface area contributed by atoms with E-state index >= 15 is 0 Å². The molecule has 0 saturated carbocycles. The van der Waals surface area contributed by atoms with Crippen LogP contribution in [0.25, 0.3) is 0 Å². The summed E-state index contributed by atoms with van der Waals surface area (Å²) in [5.41, 5.74) is 6.15. The summed E-state index contributed by atoms with van der Waals surface area (Å²) in [6, 6.07) is 5.99. The van der Waals surface area contributed by atoms with Crippen LogP contribution < -0.4 is 5.73 Å². The fraction of sp³-hybridized carbons (Fsp3) is 0.500. The Hall–Kier alpha value is -1.42. The molecule has 3 nitrogen and oxygen atoms in total. The molecule has 0 aromatic heterocycles. The molecule has 1 heterocycles. The highest BCUT2D eigenvalue weighted by Gasteiger charge is 2.26. The molecular formula is C14H19FN2O. The molecule has 2 rings (SSSR count). The van der Waals surface area contributed by atoms with Crippen molar-refractivity contribution < 1.29 is 9.18 Å². The van der Waals surface area contributed by atoms with Gasteiger partial charge in [-0.05, 0) is 56.5 Å². The SMILES string of the molecule is NCCC1CCCCN1C(=O)c1ccc(F)cc1. The first-order valence-corrected chi connectivity index (χ1v) is 6.49. The zero-order chi connectivity index (χ0) is 13.0. The number of benzene rings is 1. The van der Waals surface area contributed by atoms with Crippen molar-refractivity contribution >= 4 is 5.91 Å². The van der Waals surface area contributed by atoms with E-state index in [2.05, 4.69) is 0 Å². The second kappa shape index (κ2) is 5.96. The lowest BCUT2D eigenvalue weighted by Crippen LogP contribution is -2.44. The molecule has 1 saturated heterocycles. The number of carbonyl (C=O) groups excluding carboxylic acids is 1. The monoisotopic (exact) mass is 250 g/mol. The van der Waals surface area contributed by atoms with E-state index in [4.69, 9.17) is 5.73 Å². The lowest BCUT2D eigenvalue weighted by Gasteiger charge is -2.35. The minimum atomic E-state index is -0.316. The predicted octanol–water partition coefficient (Wildman–Crippen LogP) is 2.17. The van der Waals surface area contributed by atoms with Crippen LogP contribution in [0, 0.1) is 5.82 Å². The van der Waals surface area contributed by atoms with Crippen molar-refractivity contribution in [2.75, 3.05) is 13.1 Å². The number of hydrogen-bond donors (Lipinski definition) is 1. The molecule has 1 atom stereocenters. The fourth-order valence-electron chi connectivity index (χ4n) is 2.52. The summed E-state index contributed by atoms with van der Waals surface area (Å²) in [6.07, 6.45) is 4.04. The molecule has 1 unspecified atom stereocenters. The van der Waals surface area contributed by atoms with Crippen molar-refractivity contribution in [3.63, 3.8) is 0 Å². The van der Waals surface area contributed by atoms with Gasteiger partial charge in [-0.3, -0.25) is 4.79 Å². The first-order valence-electron chi connectivity index (χ1n) is 6.49. The number of likely N-dealkylation sites (tertiary alicyclic amines) is 1. The summed E-state index contributed by atoms with van der Waals surface area (Å²) in [5.74, 6) is -0.322. The third kappa shape index (κ3) is 2.88. The summed E-state index contributed by atoms with van der Waals surface area (Å²) in [6.45, 7) is 1.37. The molecule has 0 aliphatic carbocycles. The van der Waals surface area contributed by atoms with E-state index in [9.17, 15) is 9.18 Å². The molecule has 1 aromatic carbocycles. The van der Waals surface area contributed by atoms with Crippen LogP contribution in [0.2, 0.25) is 0 Å². The van der Waals surface area contributed by atoms with Crippen LogP contribution in [0.5, 0.6) is 0 Å². The van der Waals surface area contributed by atoms with Gasteiger partial charge in [0.1, 0.15) is 5.82 Å². The lowest BCUT2D eigenvalue weighted by atomic mass is 9.98. The summed E-state index contributed by atoms with van der Waals surface area (Å²) >= 11 is 0. The Kier molecular flexibility index (Phi) is 4.31. The van der Waals surface area contributed by atoms with Crippen molar-refractivity contribution in [3.8, 4) is 0 Å². The number of piperidine rings is 1. The second-order valence-corrected chi connectivity index (χ2v) is 4.73. The summed E-state index contributed by atoms with van der Waals surface area (Å²) in [4.78, 5) is 14.3. The molecule has 98 valence electrons. The van der Waals surface area contributed by atoms with E-state index < -0.39 is 0 Å². The molecule has 0 radical (unpaired) electrons. The van der Waals surface area contributed by atoms with Crippen LogP contribution in [0.4, 0.5) is 4.39 Å². The molecule has 1 aliphatic heterocycles. The Labute approximate surface area is 107 Å². The molecular weight excluding hydrogens is 231 g/mol. The number of nitrogens with two attached hydrogens (primary N) is 1. The van der Waals surface area contributed by atoms with Gasteiger partial charge in [-0.15, -0.1) is 0 Å². The molecule has 18 heavy (non-hydrogen) atoms. The van der Waals surface area contributed by atoms with Crippen LogP contribution in [-0.4, -0.2) is 29.9 Å². The van der Waals surface area contributed by atoms with Gasteiger partial charge in [0, 0.05) is 18.2 Å². The number of hydrogen-bond acceptors (Lipinski definition) is 2. The van der Waals surface area contributed by atoms with Gasteiger partial charge in [0.15, 0.2) is 0 Å². The second-order valence-electron chi connectivity index (χ2n) is 4.73. The minimum absolute atomic E-state index is 0.00634. The molecule has 4 heteroatoms. The zero-order valence-corrected chi connectivity index (χ0v) is 10.4. The molecule has 1 aliphatic rings. The molecule has 0 bridgehead atoms. The quantitative estimate of drug-likeness (QED) is 0.893. The summed E-state index contributed by atoms with van der Waals surface area (Å²) in [5, 5.41) is 0. The summed E-state index contributed by atoms with van der Waals surface area (Å²) in [7, 11) is 0. The van der Waals surface area contributed by atoms with Crippen LogP contribution >= 0.6 is 0 Å². The van der Waals surface area contributed by atoms with Gasteiger partial charge in [-0.2, -0.15) is 0 Å². The zero-order valence-electron chi connectivity index (χ0n) is 10.4. The number of rotatable bonds is 3. The van der Waals surface area contributed by atoms with E-state index in [0.29, 0.717) is 12.1 Å². The van der Waals surface area contributed by atoms with Crippen molar-refractivity contribution in [1.82, 2.24) is 4.90 Å². The van der Waals surface area contributed by atoms with E-state index in [0.717, 1.165) is 32.2 Å². The third-order valence-electron chi connectivity index (χ3n) is 3.48. The molecule has 1 fully saturated rings. The number of halogens is 1. The lowest BCUT2D eigenvalue weighted by molar-refractivity contribution is 0.0605. The highest BCUT2D eigenvalue weighted by atomic mass is 19.1. The maximum Gasteiger partial charge on any atom is 0.254 e. The predicted molar refractivity (Wildman–Crippen MR) is 68.7 cm³/mol. The van der Waals surface area contributed by atoms with Crippen molar-refractivity contribution in [3.05, 3.63) is 35.6 Å². The normalized spacial score (nSPS) is 19.9. The van der Waals surface area contributed by atoms with Crippen molar-refractivity contribution in [1.29, 1.82) is 0 Å². The number of amides is 1. The molecule has 0 spiro atoms. The Bertz CT molecular complexity index is 403. The van der Waals surface area contributed by atoms with Crippen LogP contribution in [-0.2, 0) is 0 Å². The van der Waals surface area contributed by atoms with E-state index in [1.165, 1.54) is 12.1 Å². The molecule has 2 N–H and O–H groups in total. The van der Waals surface area contributed by atoms with Gasteiger partial charge >= 0.3 is 0 Å². The van der Waals surface area contributed by atoms with E-state index in [-0.39, 0.29) is 17.8 Å². The van der Waals surface area contributed by atoms with Gasteiger partial charge in [0.25, 0.3) is 5.91 Å².